The minimum absolute atomic E-state index is 0.0689. The first-order chi connectivity index (χ1) is 17.1. The molecule has 0 aliphatic carbocycles. The van der Waals surface area contributed by atoms with Gasteiger partial charge in [0, 0.05) is 31.1 Å². The Morgan fingerprint density at radius 2 is 2.24 bits per heavy atom. The van der Waals surface area contributed by atoms with E-state index in [1.54, 1.807) is 6.42 Å². The number of rotatable bonds is 11. The molecule has 1 saturated heterocycles. The number of hydrogen-bond acceptors (Lipinski definition) is 8. The molecule has 12 heteroatoms. The molecule has 1 N–H and O–H groups in total. The number of fused-ring (bicyclic) bond motifs is 1. The van der Waals surface area contributed by atoms with Gasteiger partial charge in [0.25, 0.3) is 8.53 Å². The van der Waals surface area contributed by atoms with E-state index in [0.717, 1.165) is 11.3 Å². The molecule has 2 amide bonds. The molecule has 34 heavy (non-hydrogen) atoms. The van der Waals surface area contributed by atoms with Gasteiger partial charge in [-0.25, -0.2) is 16.0 Å². The number of nitrogens with one attached hydrogen (secondary N) is 1. The molecule has 0 saturated carbocycles. The predicted molar refractivity (Wildman–Crippen MR) is 127 cm³/mol. The van der Waals surface area contributed by atoms with Crippen molar-refractivity contribution in [3.63, 3.8) is 0 Å². The molecule has 1 radical (unpaired) electrons. The van der Waals surface area contributed by atoms with Crippen LogP contribution in [0.15, 0.2) is 6.07 Å². The molecule has 0 spiro atoms. The third-order valence-electron chi connectivity index (χ3n) is 5.29. The van der Waals surface area contributed by atoms with Crippen LogP contribution in [-0.4, -0.2) is 83.1 Å². The van der Waals surface area contributed by atoms with Gasteiger partial charge in [-0.2, -0.15) is 5.10 Å². The molecule has 3 rings (SSSR count). The van der Waals surface area contributed by atoms with Gasteiger partial charge in [0.05, 0.1) is 21.6 Å². The van der Waals surface area contributed by atoms with Gasteiger partial charge in [-0.1, -0.05) is 0 Å². The molecular weight excluding hydrogens is 459 g/mol. The van der Waals surface area contributed by atoms with Crippen molar-refractivity contribution in [1.82, 2.24) is 19.8 Å². The first-order valence-corrected chi connectivity index (χ1v) is 12.3. The minimum Gasteiger partial charge on any atom is -0.382 e. The fourth-order valence-corrected chi connectivity index (χ4v) is 5.60. The number of hydrogen-bond donors (Lipinski definition) is 1. The zero-order chi connectivity index (χ0) is 26.4. The van der Waals surface area contributed by atoms with E-state index in [4.69, 9.17) is 27.8 Å². The topological polar surface area (TPSA) is 103 Å². The maximum absolute atomic E-state index is 12.8. The second-order valence-corrected chi connectivity index (χ2v) is 10.0. The third-order valence-corrected chi connectivity index (χ3v) is 7.42. The van der Waals surface area contributed by atoms with Crippen LogP contribution >= 0.6 is 8.53 Å². The van der Waals surface area contributed by atoms with Crippen LogP contribution in [0.1, 0.15) is 41.7 Å². The van der Waals surface area contributed by atoms with Crippen molar-refractivity contribution >= 4 is 20.4 Å². The zero-order valence-corrected chi connectivity index (χ0v) is 21.1. The van der Waals surface area contributed by atoms with E-state index in [1.807, 2.05) is 40.7 Å². The maximum atomic E-state index is 12.8. The lowest BCUT2D eigenvalue weighted by molar-refractivity contribution is -0.0680. The lowest BCUT2D eigenvalue weighted by Gasteiger charge is -2.37. The molecule has 11 nitrogen and oxygen atoms in total. The summed E-state index contributed by atoms with van der Waals surface area (Å²) in [6.45, 7) is 17.7. The highest BCUT2D eigenvalue weighted by atomic mass is 31.2. The predicted octanol–water partition coefficient (Wildman–Crippen LogP) is 3.37. The Morgan fingerprint density at radius 1 is 1.47 bits per heavy atom. The van der Waals surface area contributed by atoms with Crippen molar-refractivity contribution in [2.24, 2.45) is 0 Å². The molecule has 1 fully saturated rings. The average molecular weight is 497 g/mol. The SMILES string of the molecule is [2H]C([3H])OC[C@H]1OC(N2Cc3cc(C)nnc3NC2=O)[CH][C@H]1OP(OCC[N+]#[C-])N(C(C)C)C(C)C. The minimum atomic E-state index is -1.58. The number of ether oxygens (including phenoxy) is 2. The molecule has 1 aromatic heterocycles. The molecular formula is C22H34N6O5P. The molecule has 2 aliphatic heterocycles. The van der Waals surface area contributed by atoms with Gasteiger partial charge in [-0.3, -0.25) is 10.2 Å². The van der Waals surface area contributed by atoms with Crippen molar-refractivity contribution < 1.29 is 26.1 Å². The van der Waals surface area contributed by atoms with Crippen LogP contribution in [0.25, 0.3) is 4.85 Å². The Morgan fingerprint density at radius 3 is 2.91 bits per heavy atom. The van der Waals surface area contributed by atoms with Crippen LogP contribution in [0, 0.1) is 19.9 Å². The highest BCUT2D eigenvalue weighted by Crippen LogP contribution is 2.49. The molecule has 187 valence electrons. The summed E-state index contributed by atoms with van der Waals surface area (Å²) in [4.78, 5) is 17.7. The van der Waals surface area contributed by atoms with Gasteiger partial charge >= 0.3 is 6.03 Å². The Balaban J connectivity index is 1.80. The number of aryl methyl sites for hydroxylation is 1. The van der Waals surface area contributed by atoms with Gasteiger partial charge in [0.2, 0.25) is 6.54 Å². The van der Waals surface area contributed by atoms with Crippen molar-refractivity contribution in [3.05, 3.63) is 35.2 Å². The summed E-state index contributed by atoms with van der Waals surface area (Å²) in [5.74, 6) is 0.417. The summed E-state index contributed by atoms with van der Waals surface area (Å²) in [5.41, 5.74) is 1.54. The largest absolute Gasteiger partial charge is 0.382 e. The number of methoxy groups -OCH3 is 1. The van der Waals surface area contributed by atoms with Crippen LogP contribution in [0.2, 0.25) is 0 Å². The summed E-state index contributed by atoms with van der Waals surface area (Å²) < 4.78 is 40.7. The Bertz CT molecular complexity index is 929. The van der Waals surface area contributed by atoms with E-state index in [2.05, 4.69) is 25.0 Å². The van der Waals surface area contributed by atoms with Gasteiger partial charge in [-0.05, 0) is 40.7 Å². The van der Waals surface area contributed by atoms with Crippen LogP contribution in [0.3, 0.4) is 0 Å². The Hall–Kier alpha value is -1.93. The second kappa shape index (κ2) is 12.2. The van der Waals surface area contributed by atoms with Gasteiger partial charge in [0.1, 0.15) is 25.0 Å². The van der Waals surface area contributed by atoms with Crippen LogP contribution in [0.5, 0.6) is 0 Å². The van der Waals surface area contributed by atoms with E-state index >= 15 is 0 Å². The van der Waals surface area contributed by atoms with E-state index in [-0.39, 0.29) is 44.4 Å². The highest BCUT2D eigenvalue weighted by Gasteiger charge is 2.45. The number of amides is 2. The van der Waals surface area contributed by atoms with E-state index in [0.29, 0.717) is 5.82 Å². The van der Waals surface area contributed by atoms with E-state index in [9.17, 15) is 4.79 Å². The lowest BCUT2D eigenvalue weighted by Crippen LogP contribution is -2.46. The van der Waals surface area contributed by atoms with Gasteiger partial charge < -0.3 is 23.4 Å². The summed E-state index contributed by atoms with van der Waals surface area (Å²) in [5, 5.41) is 10.8. The molecule has 0 bridgehead atoms. The maximum Gasteiger partial charge on any atom is 0.325 e. The number of aromatic nitrogens is 2. The summed E-state index contributed by atoms with van der Waals surface area (Å²) in [6.07, 6.45) is -0.281. The fourth-order valence-electron chi connectivity index (χ4n) is 3.89. The summed E-state index contributed by atoms with van der Waals surface area (Å²) in [6, 6.07) is 1.69. The number of anilines is 1. The molecule has 3 unspecified atom stereocenters. The normalized spacial score (nSPS) is 25.1. The molecule has 2 aliphatic rings. The fraction of sp³-hybridized carbons (Fsp3) is 0.682. The summed E-state index contributed by atoms with van der Waals surface area (Å²) >= 11 is 0. The van der Waals surface area contributed by atoms with Crippen molar-refractivity contribution in [1.29, 1.82) is 0 Å². The molecule has 1 aromatic rings. The number of urea groups is 1. The quantitative estimate of drug-likeness (QED) is 0.283. The number of carbonyl (C=O) groups is 1. The number of nitrogens with zero attached hydrogens (tertiary/aromatic N) is 5. The average Bonchev–Trinajstić information content (AvgIpc) is 3.19. The standard InChI is InChI=1S/C22H34N6O5P/c1-14(2)28(15(3)4)34(31-9-8-23-6)33-18-11-20(32-19(18)13-30-7)27-12-17-10-16(5)25-26-21(17)24-22(27)29/h10-11,14-15,18-20H,8-9,12-13H2,1-5,7H3,(H,24,26,29)/t18-,19-,20?,34?/m1/s1/i7TD/t7?,18-,19-,20?,34?. The van der Waals surface area contributed by atoms with E-state index < -0.39 is 34.0 Å². The van der Waals surface area contributed by atoms with Crippen LogP contribution in [0.4, 0.5) is 10.6 Å². The van der Waals surface area contributed by atoms with Crippen LogP contribution < -0.4 is 5.32 Å². The lowest BCUT2D eigenvalue weighted by atomic mass is 10.1. The Labute approximate surface area is 205 Å². The zero-order valence-electron chi connectivity index (χ0n) is 22.2. The van der Waals surface area contributed by atoms with Crippen molar-refractivity contribution in [2.45, 2.75) is 71.7 Å². The van der Waals surface area contributed by atoms with Crippen LogP contribution in [-0.2, 0) is 25.1 Å². The summed E-state index contributed by atoms with van der Waals surface area (Å²) in [7, 11) is -3.07. The van der Waals surface area contributed by atoms with Gasteiger partial charge in [-0.15, -0.1) is 5.10 Å². The number of carbonyl (C=O) groups excluding carboxylic acids is 1. The van der Waals surface area contributed by atoms with Gasteiger partial charge in [0.15, 0.2) is 5.82 Å². The Kier molecular flexibility index (Phi) is 8.51. The molecule has 3 heterocycles. The molecule has 5 atom stereocenters. The molecule has 0 aromatic carbocycles. The van der Waals surface area contributed by atoms with Crippen molar-refractivity contribution in [3.8, 4) is 0 Å². The highest BCUT2D eigenvalue weighted by molar-refractivity contribution is 7.44. The van der Waals surface area contributed by atoms with E-state index in [1.165, 1.54) is 4.90 Å². The third kappa shape index (κ3) is 6.39. The first kappa shape index (κ1) is 23.8. The first-order valence-electron chi connectivity index (χ1n) is 12.3. The monoisotopic (exact) mass is 496 g/mol. The van der Waals surface area contributed by atoms with Crippen molar-refractivity contribution in [2.75, 3.05) is 32.1 Å². The smallest absolute Gasteiger partial charge is 0.325 e. The second-order valence-electron chi connectivity index (χ2n) is 8.60.